The van der Waals surface area contributed by atoms with Crippen molar-refractivity contribution >= 4 is 16.5 Å². The molecule has 6 heteroatoms. The predicted molar refractivity (Wildman–Crippen MR) is 81.1 cm³/mol. The first-order chi connectivity index (χ1) is 9.56. The summed E-state index contributed by atoms with van der Waals surface area (Å²) in [5.74, 6) is 0. The standard InChI is InChI=1S/C14H15N5S/c1-8-4-5-9(2)12(6-8)19-10(3)11(7-16-19)13-17-18-14(15)20-13/h4-7H,1-3H3,(H2,15,18). The maximum absolute atomic E-state index is 5.65. The molecule has 2 heterocycles. The van der Waals surface area contributed by atoms with E-state index in [0.29, 0.717) is 5.13 Å². The molecule has 0 aliphatic carbocycles. The second kappa shape index (κ2) is 4.72. The number of nitrogens with zero attached hydrogens (tertiary/aromatic N) is 4. The van der Waals surface area contributed by atoms with Crippen molar-refractivity contribution in [2.75, 3.05) is 5.73 Å². The number of hydrogen-bond donors (Lipinski definition) is 1. The van der Waals surface area contributed by atoms with Gasteiger partial charge in [-0.3, -0.25) is 0 Å². The fourth-order valence-corrected chi connectivity index (χ4v) is 2.83. The van der Waals surface area contributed by atoms with Crippen molar-refractivity contribution in [3.63, 3.8) is 0 Å². The maximum Gasteiger partial charge on any atom is 0.203 e. The highest BCUT2D eigenvalue weighted by Gasteiger charge is 2.14. The summed E-state index contributed by atoms with van der Waals surface area (Å²) in [6.07, 6.45) is 1.82. The van der Waals surface area contributed by atoms with Gasteiger partial charge in [0, 0.05) is 0 Å². The summed E-state index contributed by atoms with van der Waals surface area (Å²) in [4.78, 5) is 0. The lowest BCUT2D eigenvalue weighted by molar-refractivity contribution is 0.839. The van der Waals surface area contributed by atoms with Crippen LogP contribution >= 0.6 is 11.3 Å². The summed E-state index contributed by atoms with van der Waals surface area (Å²) in [5.41, 5.74) is 11.1. The molecule has 0 atom stereocenters. The Labute approximate surface area is 121 Å². The van der Waals surface area contributed by atoms with Crippen molar-refractivity contribution in [1.82, 2.24) is 20.0 Å². The van der Waals surface area contributed by atoms with Gasteiger partial charge >= 0.3 is 0 Å². The monoisotopic (exact) mass is 285 g/mol. The van der Waals surface area contributed by atoms with Crippen molar-refractivity contribution in [3.8, 4) is 16.3 Å². The molecule has 2 N–H and O–H groups in total. The molecule has 0 bridgehead atoms. The van der Waals surface area contributed by atoms with E-state index in [2.05, 4.69) is 47.3 Å². The summed E-state index contributed by atoms with van der Waals surface area (Å²) in [6, 6.07) is 6.34. The van der Waals surface area contributed by atoms with Gasteiger partial charge in [-0.2, -0.15) is 5.10 Å². The molecule has 0 saturated heterocycles. The van der Waals surface area contributed by atoms with E-state index in [1.54, 1.807) is 0 Å². The zero-order chi connectivity index (χ0) is 14.3. The van der Waals surface area contributed by atoms with Gasteiger partial charge < -0.3 is 5.73 Å². The number of nitrogen functional groups attached to an aromatic ring is 1. The minimum Gasteiger partial charge on any atom is -0.374 e. The first-order valence-electron chi connectivity index (χ1n) is 6.28. The molecule has 102 valence electrons. The van der Waals surface area contributed by atoms with Gasteiger partial charge in [-0.05, 0) is 38.0 Å². The summed E-state index contributed by atoms with van der Waals surface area (Å²) in [7, 11) is 0. The molecule has 0 spiro atoms. The molecule has 3 rings (SSSR count). The van der Waals surface area contributed by atoms with Crippen LogP contribution in [0.4, 0.5) is 5.13 Å². The van der Waals surface area contributed by atoms with Crippen LogP contribution < -0.4 is 5.73 Å². The quantitative estimate of drug-likeness (QED) is 0.786. The van der Waals surface area contributed by atoms with E-state index >= 15 is 0 Å². The number of benzene rings is 1. The van der Waals surface area contributed by atoms with Gasteiger partial charge in [0.25, 0.3) is 0 Å². The Morgan fingerprint density at radius 2 is 1.95 bits per heavy atom. The molecule has 1 aromatic carbocycles. The smallest absolute Gasteiger partial charge is 0.203 e. The number of nitrogens with two attached hydrogens (primary N) is 1. The predicted octanol–water partition coefficient (Wildman–Crippen LogP) is 2.90. The van der Waals surface area contributed by atoms with Crippen LogP contribution in [0, 0.1) is 20.8 Å². The van der Waals surface area contributed by atoms with E-state index in [1.165, 1.54) is 22.5 Å². The molecular formula is C14H15N5S. The molecule has 0 unspecified atom stereocenters. The van der Waals surface area contributed by atoms with Crippen molar-refractivity contribution in [1.29, 1.82) is 0 Å². The van der Waals surface area contributed by atoms with E-state index in [0.717, 1.165) is 22.0 Å². The van der Waals surface area contributed by atoms with Gasteiger partial charge in [-0.15, -0.1) is 10.2 Å². The minimum atomic E-state index is 0.471. The largest absolute Gasteiger partial charge is 0.374 e. The summed E-state index contributed by atoms with van der Waals surface area (Å²) >= 11 is 1.37. The fraction of sp³-hybridized carbons (Fsp3) is 0.214. The third kappa shape index (κ3) is 2.08. The van der Waals surface area contributed by atoms with Crippen LogP contribution in [0.1, 0.15) is 16.8 Å². The number of anilines is 1. The third-order valence-corrected chi connectivity index (χ3v) is 4.06. The Bertz CT molecular complexity index is 772. The van der Waals surface area contributed by atoms with Gasteiger partial charge in [-0.1, -0.05) is 23.5 Å². The lowest BCUT2D eigenvalue weighted by Gasteiger charge is -2.09. The zero-order valence-corrected chi connectivity index (χ0v) is 12.4. The molecule has 3 aromatic rings. The summed E-state index contributed by atoms with van der Waals surface area (Å²) in [6.45, 7) is 6.19. The summed E-state index contributed by atoms with van der Waals surface area (Å²) in [5, 5.41) is 13.7. The average Bonchev–Trinajstić information content (AvgIpc) is 2.99. The second-order valence-electron chi connectivity index (χ2n) is 4.79. The Kier molecular flexibility index (Phi) is 3.02. The molecule has 2 aromatic heterocycles. The number of aromatic nitrogens is 4. The third-order valence-electron chi connectivity index (χ3n) is 3.27. The molecule has 0 amide bonds. The van der Waals surface area contributed by atoms with Gasteiger partial charge in [-0.25, -0.2) is 4.68 Å². The highest BCUT2D eigenvalue weighted by Crippen LogP contribution is 2.29. The molecule has 0 aliphatic rings. The van der Waals surface area contributed by atoms with Crippen molar-refractivity contribution in [3.05, 3.63) is 41.2 Å². The minimum absolute atomic E-state index is 0.471. The SMILES string of the molecule is Cc1ccc(C)c(-n2ncc(-c3nnc(N)s3)c2C)c1. The lowest BCUT2D eigenvalue weighted by Crippen LogP contribution is -2.01. The normalized spacial score (nSPS) is 10.9. The Balaban J connectivity index is 2.13. The van der Waals surface area contributed by atoms with E-state index in [9.17, 15) is 0 Å². The number of aryl methyl sites for hydroxylation is 2. The second-order valence-corrected chi connectivity index (χ2v) is 5.80. The first-order valence-corrected chi connectivity index (χ1v) is 7.09. The topological polar surface area (TPSA) is 69.6 Å². The van der Waals surface area contributed by atoms with Gasteiger partial charge in [0.2, 0.25) is 5.13 Å². The highest BCUT2D eigenvalue weighted by molar-refractivity contribution is 7.18. The molecule has 20 heavy (non-hydrogen) atoms. The van der Waals surface area contributed by atoms with Gasteiger partial charge in [0.05, 0.1) is 23.1 Å². The Morgan fingerprint density at radius 1 is 1.15 bits per heavy atom. The van der Waals surface area contributed by atoms with Crippen LogP contribution in [0.15, 0.2) is 24.4 Å². The van der Waals surface area contributed by atoms with E-state index in [4.69, 9.17) is 5.73 Å². The zero-order valence-electron chi connectivity index (χ0n) is 11.6. The molecular weight excluding hydrogens is 270 g/mol. The molecule has 0 radical (unpaired) electrons. The molecule has 0 saturated carbocycles. The molecule has 5 nitrogen and oxygen atoms in total. The van der Waals surface area contributed by atoms with Crippen LogP contribution in [0.25, 0.3) is 16.3 Å². The number of rotatable bonds is 2. The Morgan fingerprint density at radius 3 is 2.65 bits per heavy atom. The van der Waals surface area contributed by atoms with Crippen LogP contribution in [0.5, 0.6) is 0 Å². The fourth-order valence-electron chi connectivity index (χ4n) is 2.15. The average molecular weight is 285 g/mol. The van der Waals surface area contributed by atoms with E-state index in [-0.39, 0.29) is 0 Å². The molecule has 0 fully saturated rings. The van der Waals surface area contributed by atoms with Crippen molar-refractivity contribution < 1.29 is 0 Å². The summed E-state index contributed by atoms with van der Waals surface area (Å²) < 4.78 is 1.94. The van der Waals surface area contributed by atoms with Crippen LogP contribution in [0.3, 0.4) is 0 Å². The van der Waals surface area contributed by atoms with Gasteiger partial charge in [0.1, 0.15) is 0 Å². The number of hydrogen-bond acceptors (Lipinski definition) is 5. The van der Waals surface area contributed by atoms with Crippen molar-refractivity contribution in [2.24, 2.45) is 0 Å². The first kappa shape index (κ1) is 12.8. The Hall–Kier alpha value is -2.21. The maximum atomic E-state index is 5.65. The van der Waals surface area contributed by atoms with Gasteiger partial charge in [0.15, 0.2) is 5.01 Å². The highest BCUT2D eigenvalue weighted by atomic mass is 32.1. The van der Waals surface area contributed by atoms with Crippen molar-refractivity contribution in [2.45, 2.75) is 20.8 Å². The van der Waals surface area contributed by atoms with E-state index in [1.807, 2.05) is 17.8 Å². The van der Waals surface area contributed by atoms with Crippen LogP contribution in [-0.4, -0.2) is 20.0 Å². The van der Waals surface area contributed by atoms with Crippen LogP contribution in [-0.2, 0) is 0 Å². The van der Waals surface area contributed by atoms with Crippen LogP contribution in [0.2, 0.25) is 0 Å². The van der Waals surface area contributed by atoms with E-state index < -0.39 is 0 Å². The lowest BCUT2D eigenvalue weighted by atomic mass is 10.1. The molecule has 0 aliphatic heterocycles.